The number of para-hydroxylation sites is 1. The summed E-state index contributed by atoms with van der Waals surface area (Å²) in [6.45, 7) is 1.70. The van der Waals surface area contributed by atoms with Crippen molar-refractivity contribution in [1.82, 2.24) is 25.1 Å². The minimum Gasteiger partial charge on any atom is -0.497 e. The van der Waals surface area contributed by atoms with Crippen molar-refractivity contribution in [3.63, 3.8) is 0 Å². The Morgan fingerprint density at radius 3 is 2.35 bits per heavy atom. The first-order valence-electron chi connectivity index (χ1n) is 10.4. The highest BCUT2D eigenvalue weighted by atomic mass is 32.2. The van der Waals surface area contributed by atoms with Crippen molar-refractivity contribution in [2.24, 2.45) is 0 Å². The first kappa shape index (κ1) is 23.0. The number of hydrogen-bond acceptors (Lipinski definition) is 7. The van der Waals surface area contributed by atoms with Gasteiger partial charge >= 0.3 is 6.03 Å². The number of rotatable bonds is 7. The molecule has 1 atom stereocenters. The van der Waals surface area contributed by atoms with Gasteiger partial charge in [0.05, 0.1) is 12.4 Å². The van der Waals surface area contributed by atoms with E-state index >= 15 is 0 Å². The van der Waals surface area contributed by atoms with E-state index in [9.17, 15) is 9.59 Å². The van der Waals surface area contributed by atoms with E-state index in [1.54, 1.807) is 50.7 Å². The number of aromatic nitrogens is 4. The predicted octanol–water partition coefficient (Wildman–Crippen LogP) is 4.17. The molecular formula is C24H22N6O3S. The van der Waals surface area contributed by atoms with Crippen molar-refractivity contribution >= 4 is 29.4 Å². The number of thioether (sulfide) groups is 1. The number of anilines is 1. The summed E-state index contributed by atoms with van der Waals surface area (Å²) >= 11 is 1.20. The maximum absolute atomic E-state index is 12.7. The van der Waals surface area contributed by atoms with Crippen LogP contribution in [0, 0.1) is 0 Å². The molecule has 2 N–H and O–H groups in total. The number of ether oxygens (including phenoxy) is 1. The van der Waals surface area contributed by atoms with Gasteiger partial charge in [-0.3, -0.25) is 19.7 Å². The molecule has 0 spiro atoms. The molecule has 2 heterocycles. The van der Waals surface area contributed by atoms with Gasteiger partial charge in [0.15, 0.2) is 11.0 Å². The van der Waals surface area contributed by atoms with Gasteiger partial charge in [-0.15, -0.1) is 10.2 Å². The highest BCUT2D eigenvalue weighted by molar-refractivity contribution is 8.00. The van der Waals surface area contributed by atoms with Gasteiger partial charge in [0, 0.05) is 29.3 Å². The molecule has 172 valence electrons. The minimum absolute atomic E-state index is 0.451. The average Bonchev–Trinajstić information content (AvgIpc) is 3.28. The third-order valence-corrected chi connectivity index (χ3v) is 5.86. The zero-order valence-corrected chi connectivity index (χ0v) is 19.3. The molecule has 0 bridgehead atoms. The number of carbonyl (C=O) groups excluding carboxylic acids is 2. The monoisotopic (exact) mass is 474 g/mol. The number of carbonyl (C=O) groups is 2. The molecule has 2 aromatic heterocycles. The molecule has 34 heavy (non-hydrogen) atoms. The van der Waals surface area contributed by atoms with Crippen molar-refractivity contribution in [1.29, 1.82) is 0 Å². The Kier molecular flexibility index (Phi) is 7.19. The predicted molar refractivity (Wildman–Crippen MR) is 130 cm³/mol. The van der Waals surface area contributed by atoms with Crippen LogP contribution in [0.25, 0.3) is 17.1 Å². The third kappa shape index (κ3) is 5.41. The number of urea groups is 1. The topological polar surface area (TPSA) is 111 Å². The van der Waals surface area contributed by atoms with E-state index in [2.05, 4.69) is 25.8 Å². The quantitative estimate of drug-likeness (QED) is 0.387. The normalized spacial score (nSPS) is 11.5. The molecule has 0 fully saturated rings. The lowest BCUT2D eigenvalue weighted by atomic mass is 10.2. The third-order valence-electron chi connectivity index (χ3n) is 4.82. The van der Waals surface area contributed by atoms with Gasteiger partial charge in [0.2, 0.25) is 5.91 Å². The van der Waals surface area contributed by atoms with Gasteiger partial charge < -0.3 is 10.1 Å². The van der Waals surface area contributed by atoms with Crippen molar-refractivity contribution in [2.75, 3.05) is 12.4 Å². The number of amides is 3. The Balaban J connectivity index is 1.55. The number of benzene rings is 2. The van der Waals surface area contributed by atoms with Crippen LogP contribution < -0.4 is 15.4 Å². The smallest absolute Gasteiger partial charge is 0.325 e. The summed E-state index contributed by atoms with van der Waals surface area (Å²) in [7, 11) is 1.60. The van der Waals surface area contributed by atoms with Gasteiger partial charge in [0.25, 0.3) is 0 Å². The van der Waals surface area contributed by atoms with Crippen LogP contribution in [-0.4, -0.2) is 44.0 Å². The number of methoxy groups -OCH3 is 1. The standard InChI is InChI=1S/C24H22N6O3S/c1-16(22(31)27-23(32)26-18-6-4-3-5-7-18)34-24-29-28-21(17-12-14-25-15-13-17)30(24)19-8-10-20(33-2)11-9-19/h3-16H,1-2H3,(H2,26,27,31,32). The van der Waals surface area contributed by atoms with E-state index in [0.717, 1.165) is 11.3 Å². The number of nitrogens with zero attached hydrogens (tertiary/aromatic N) is 4. The molecule has 1 unspecified atom stereocenters. The second kappa shape index (κ2) is 10.6. The van der Waals surface area contributed by atoms with Crippen LogP contribution in [0.1, 0.15) is 6.92 Å². The zero-order chi connectivity index (χ0) is 23.9. The number of imide groups is 1. The van der Waals surface area contributed by atoms with E-state index in [4.69, 9.17) is 4.74 Å². The molecule has 10 heteroatoms. The SMILES string of the molecule is COc1ccc(-n2c(SC(C)C(=O)NC(=O)Nc3ccccc3)nnc2-c2ccncc2)cc1. The Hall–Kier alpha value is -4.18. The highest BCUT2D eigenvalue weighted by Gasteiger charge is 2.23. The summed E-state index contributed by atoms with van der Waals surface area (Å²) in [5, 5.41) is 13.6. The average molecular weight is 475 g/mol. The molecular weight excluding hydrogens is 452 g/mol. The Bertz CT molecular complexity index is 1260. The maximum atomic E-state index is 12.7. The second-order valence-corrected chi connectivity index (χ2v) is 8.45. The number of nitrogens with one attached hydrogen (secondary N) is 2. The van der Waals surface area contributed by atoms with Gasteiger partial charge in [-0.2, -0.15) is 0 Å². The van der Waals surface area contributed by atoms with E-state index in [1.165, 1.54) is 11.8 Å². The molecule has 0 aliphatic rings. The van der Waals surface area contributed by atoms with Crippen LogP contribution in [0.5, 0.6) is 5.75 Å². The van der Waals surface area contributed by atoms with Gasteiger partial charge in [-0.05, 0) is 55.5 Å². The number of hydrogen-bond donors (Lipinski definition) is 2. The fraction of sp³-hybridized carbons (Fsp3) is 0.125. The molecule has 2 aromatic carbocycles. The Morgan fingerprint density at radius 1 is 0.971 bits per heavy atom. The second-order valence-electron chi connectivity index (χ2n) is 7.14. The van der Waals surface area contributed by atoms with E-state index in [0.29, 0.717) is 22.4 Å². The van der Waals surface area contributed by atoms with E-state index in [1.807, 2.05) is 47.0 Å². The van der Waals surface area contributed by atoms with Gasteiger partial charge in [0.1, 0.15) is 5.75 Å². The van der Waals surface area contributed by atoms with Crippen LogP contribution in [0.2, 0.25) is 0 Å². The van der Waals surface area contributed by atoms with E-state index < -0.39 is 17.2 Å². The largest absolute Gasteiger partial charge is 0.497 e. The first-order valence-corrected chi connectivity index (χ1v) is 11.3. The van der Waals surface area contributed by atoms with Gasteiger partial charge in [-0.25, -0.2) is 4.79 Å². The fourth-order valence-electron chi connectivity index (χ4n) is 3.11. The summed E-state index contributed by atoms with van der Waals surface area (Å²) in [6.07, 6.45) is 3.35. The molecule has 0 saturated carbocycles. The Morgan fingerprint density at radius 2 is 1.68 bits per heavy atom. The number of pyridine rings is 1. The van der Waals surface area contributed by atoms with Crippen molar-refractivity contribution in [2.45, 2.75) is 17.3 Å². The summed E-state index contributed by atoms with van der Waals surface area (Å²) in [5.41, 5.74) is 2.22. The molecule has 9 nitrogen and oxygen atoms in total. The maximum Gasteiger partial charge on any atom is 0.325 e. The summed E-state index contributed by atoms with van der Waals surface area (Å²) < 4.78 is 7.12. The van der Waals surface area contributed by atoms with Crippen molar-refractivity contribution in [3.05, 3.63) is 79.1 Å². The lowest BCUT2D eigenvalue weighted by Gasteiger charge is -2.14. The lowest BCUT2D eigenvalue weighted by Crippen LogP contribution is -2.38. The van der Waals surface area contributed by atoms with Crippen LogP contribution in [0.4, 0.5) is 10.5 Å². The highest BCUT2D eigenvalue weighted by Crippen LogP contribution is 2.30. The molecule has 0 radical (unpaired) electrons. The molecule has 0 saturated heterocycles. The van der Waals surface area contributed by atoms with Gasteiger partial charge in [-0.1, -0.05) is 30.0 Å². The van der Waals surface area contributed by atoms with Crippen molar-refractivity contribution < 1.29 is 14.3 Å². The zero-order valence-electron chi connectivity index (χ0n) is 18.5. The summed E-state index contributed by atoms with van der Waals surface area (Å²) in [4.78, 5) is 29.0. The van der Waals surface area contributed by atoms with E-state index in [-0.39, 0.29) is 0 Å². The molecule has 0 aliphatic carbocycles. The molecule has 0 aliphatic heterocycles. The minimum atomic E-state index is -0.618. The summed E-state index contributed by atoms with van der Waals surface area (Å²) in [6, 6.07) is 19.4. The molecule has 3 amide bonds. The fourth-order valence-corrected chi connectivity index (χ4v) is 3.97. The lowest BCUT2D eigenvalue weighted by molar-refractivity contribution is -0.119. The first-order chi connectivity index (χ1) is 16.5. The van der Waals surface area contributed by atoms with Crippen LogP contribution in [0.3, 0.4) is 0 Å². The molecule has 4 aromatic rings. The van der Waals surface area contributed by atoms with Crippen LogP contribution in [0.15, 0.2) is 84.3 Å². The van der Waals surface area contributed by atoms with Crippen LogP contribution >= 0.6 is 11.8 Å². The van der Waals surface area contributed by atoms with Crippen LogP contribution in [-0.2, 0) is 4.79 Å². The van der Waals surface area contributed by atoms with Crippen molar-refractivity contribution in [3.8, 4) is 22.8 Å². The Labute approximate surface area is 200 Å². The summed E-state index contributed by atoms with van der Waals surface area (Å²) in [5.74, 6) is 0.867. The molecule has 4 rings (SSSR count).